The fourth-order valence-electron chi connectivity index (χ4n) is 2.63. The van der Waals surface area contributed by atoms with Gasteiger partial charge in [0.15, 0.2) is 0 Å². The lowest BCUT2D eigenvalue weighted by Crippen LogP contribution is -2.02. The van der Waals surface area contributed by atoms with Gasteiger partial charge in [-0.15, -0.1) is 0 Å². The molecule has 0 unspecified atom stereocenters. The van der Waals surface area contributed by atoms with Crippen LogP contribution in [0.1, 0.15) is 5.56 Å². The Bertz CT molecular complexity index is 1080. The molecule has 8 heteroatoms. The Morgan fingerprint density at radius 3 is 2.64 bits per heavy atom. The van der Waals surface area contributed by atoms with Gasteiger partial charge in [0.2, 0.25) is 0 Å². The van der Waals surface area contributed by atoms with Crippen LogP contribution in [0.2, 0.25) is 10.0 Å². The number of halogens is 2. The molecule has 0 saturated heterocycles. The lowest BCUT2D eigenvalue weighted by Gasteiger charge is -2.10. The van der Waals surface area contributed by atoms with Gasteiger partial charge >= 0.3 is 6.01 Å². The molecular formula is C20H15Cl2N5O. The van der Waals surface area contributed by atoms with Crippen molar-refractivity contribution >= 4 is 28.9 Å². The lowest BCUT2D eigenvalue weighted by atomic mass is 10.2. The van der Waals surface area contributed by atoms with E-state index in [0.29, 0.717) is 22.3 Å². The first kappa shape index (κ1) is 18.3. The third kappa shape index (κ3) is 4.24. The zero-order valence-corrected chi connectivity index (χ0v) is 16.1. The van der Waals surface area contributed by atoms with Crippen molar-refractivity contribution in [2.24, 2.45) is 0 Å². The number of tetrazole rings is 1. The zero-order valence-electron chi connectivity index (χ0n) is 14.6. The molecule has 140 valence electrons. The summed E-state index contributed by atoms with van der Waals surface area (Å²) in [7, 11) is 0. The van der Waals surface area contributed by atoms with E-state index in [-0.39, 0.29) is 6.01 Å². The summed E-state index contributed by atoms with van der Waals surface area (Å²) in [5, 5.41) is 16.2. The molecule has 6 nitrogen and oxygen atoms in total. The number of para-hydroxylation sites is 1. The quantitative estimate of drug-likeness (QED) is 0.461. The number of ether oxygens (including phenoxy) is 1. The molecule has 0 fully saturated rings. The van der Waals surface area contributed by atoms with Gasteiger partial charge in [-0.1, -0.05) is 58.6 Å². The molecule has 0 aliphatic heterocycles. The van der Waals surface area contributed by atoms with E-state index in [0.717, 1.165) is 16.9 Å². The number of benzene rings is 3. The third-order valence-electron chi connectivity index (χ3n) is 3.96. The zero-order chi connectivity index (χ0) is 19.3. The van der Waals surface area contributed by atoms with Gasteiger partial charge in [0.1, 0.15) is 5.75 Å². The summed E-state index contributed by atoms with van der Waals surface area (Å²) in [6, 6.07) is 22.8. The molecule has 0 saturated carbocycles. The van der Waals surface area contributed by atoms with E-state index in [9.17, 15) is 0 Å². The average molecular weight is 412 g/mol. The van der Waals surface area contributed by atoms with Crippen LogP contribution >= 0.6 is 23.2 Å². The third-order valence-corrected chi connectivity index (χ3v) is 4.53. The molecule has 1 heterocycles. The molecule has 1 N–H and O–H groups in total. The molecule has 0 bridgehead atoms. The Balaban J connectivity index is 1.49. The number of nitrogens with one attached hydrogen (secondary N) is 1. The Morgan fingerprint density at radius 1 is 0.929 bits per heavy atom. The summed E-state index contributed by atoms with van der Waals surface area (Å²) < 4.78 is 7.43. The van der Waals surface area contributed by atoms with Crippen molar-refractivity contribution in [1.82, 2.24) is 20.2 Å². The molecule has 4 rings (SSSR count). The highest BCUT2D eigenvalue weighted by molar-refractivity contribution is 6.35. The van der Waals surface area contributed by atoms with E-state index in [1.165, 1.54) is 4.68 Å². The van der Waals surface area contributed by atoms with Crippen LogP contribution in [0.4, 0.5) is 5.69 Å². The van der Waals surface area contributed by atoms with Gasteiger partial charge < -0.3 is 10.1 Å². The van der Waals surface area contributed by atoms with Crippen LogP contribution in [0.3, 0.4) is 0 Å². The minimum atomic E-state index is 0.286. The van der Waals surface area contributed by atoms with E-state index >= 15 is 0 Å². The maximum Gasteiger partial charge on any atom is 0.345 e. The van der Waals surface area contributed by atoms with Gasteiger partial charge in [0.05, 0.1) is 16.4 Å². The highest BCUT2D eigenvalue weighted by atomic mass is 35.5. The van der Waals surface area contributed by atoms with Gasteiger partial charge in [-0.2, -0.15) is 4.68 Å². The summed E-state index contributed by atoms with van der Waals surface area (Å²) in [5.41, 5.74) is 2.59. The van der Waals surface area contributed by atoms with Crippen LogP contribution in [-0.4, -0.2) is 20.2 Å². The molecule has 4 aromatic rings. The Hall–Kier alpha value is -3.09. The minimum absolute atomic E-state index is 0.286. The summed E-state index contributed by atoms with van der Waals surface area (Å²) in [4.78, 5) is 0. The molecule has 0 radical (unpaired) electrons. The van der Waals surface area contributed by atoms with Crippen molar-refractivity contribution in [2.45, 2.75) is 6.54 Å². The Morgan fingerprint density at radius 2 is 1.79 bits per heavy atom. The normalized spacial score (nSPS) is 10.6. The maximum atomic E-state index is 6.19. The molecule has 0 aliphatic carbocycles. The van der Waals surface area contributed by atoms with Crippen molar-refractivity contribution in [3.63, 3.8) is 0 Å². The first-order valence-corrected chi connectivity index (χ1v) is 9.24. The molecule has 0 atom stereocenters. The fourth-order valence-corrected chi connectivity index (χ4v) is 2.98. The topological polar surface area (TPSA) is 64.9 Å². The van der Waals surface area contributed by atoms with Crippen LogP contribution in [-0.2, 0) is 6.54 Å². The van der Waals surface area contributed by atoms with Crippen molar-refractivity contribution in [3.8, 4) is 17.4 Å². The minimum Gasteiger partial charge on any atom is -0.423 e. The second-order valence-electron chi connectivity index (χ2n) is 5.94. The van der Waals surface area contributed by atoms with Gasteiger partial charge in [-0.25, -0.2) is 0 Å². The predicted molar refractivity (Wildman–Crippen MR) is 109 cm³/mol. The van der Waals surface area contributed by atoms with Crippen molar-refractivity contribution < 1.29 is 4.74 Å². The summed E-state index contributed by atoms with van der Waals surface area (Å²) >= 11 is 12.2. The van der Waals surface area contributed by atoms with Crippen molar-refractivity contribution in [2.75, 3.05) is 5.32 Å². The van der Waals surface area contributed by atoms with Crippen molar-refractivity contribution in [1.29, 1.82) is 0 Å². The number of hydrogen-bond donors (Lipinski definition) is 1. The molecule has 1 aromatic heterocycles. The van der Waals surface area contributed by atoms with Crippen LogP contribution in [0.5, 0.6) is 11.8 Å². The molecule has 0 amide bonds. The van der Waals surface area contributed by atoms with Crippen molar-refractivity contribution in [3.05, 3.63) is 88.4 Å². The maximum absolute atomic E-state index is 6.19. The van der Waals surface area contributed by atoms with E-state index in [1.807, 2.05) is 54.6 Å². The highest BCUT2D eigenvalue weighted by Gasteiger charge is 2.11. The molecule has 3 aromatic carbocycles. The predicted octanol–water partition coefficient (Wildman–Crippen LogP) is 5.37. The highest BCUT2D eigenvalue weighted by Crippen LogP contribution is 2.27. The number of anilines is 1. The lowest BCUT2D eigenvalue weighted by molar-refractivity contribution is 0.427. The Labute approximate surface area is 171 Å². The van der Waals surface area contributed by atoms with E-state index in [2.05, 4.69) is 20.8 Å². The van der Waals surface area contributed by atoms with E-state index in [1.54, 1.807) is 18.2 Å². The molecule has 0 spiro atoms. The molecular weight excluding hydrogens is 397 g/mol. The first-order chi connectivity index (χ1) is 13.7. The summed E-state index contributed by atoms with van der Waals surface area (Å²) in [5.74, 6) is 0.628. The average Bonchev–Trinajstić information content (AvgIpc) is 3.18. The van der Waals surface area contributed by atoms with Crippen LogP contribution in [0, 0.1) is 0 Å². The number of hydrogen-bond acceptors (Lipinski definition) is 5. The van der Waals surface area contributed by atoms with E-state index < -0.39 is 0 Å². The van der Waals surface area contributed by atoms with E-state index in [4.69, 9.17) is 27.9 Å². The SMILES string of the molecule is Clc1ccc(Cl)c(NCc2cccc(Oc3nnnn3-c3ccccc3)c2)c1. The standard InChI is InChI=1S/C20H15Cl2N5O/c21-15-9-10-18(22)19(12-15)23-13-14-5-4-8-17(11-14)28-20-24-25-26-27(20)16-6-2-1-3-7-16/h1-12,23H,13H2. The van der Waals surface area contributed by atoms with Crippen LogP contribution in [0.25, 0.3) is 5.69 Å². The molecule has 0 aliphatic rings. The second kappa shape index (κ2) is 8.29. The van der Waals surface area contributed by atoms with Gasteiger partial charge in [0, 0.05) is 11.6 Å². The monoisotopic (exact) mass is 411 g/mol. The number of aromatic nitrogens is 4. The second-order valence-corrected chi connectivity index (χ2v) is 6.78. The smallest absolute Gasteiger partial charge is 0.345 e. The fraction of sp³-hybridized carbons (Fsp3) is 0.0500. The number of nitrogens with zero attached hydrogens (tertiary/aromatic N) is 4. The van der Waals surface area contributed by atoms with Gasteiger partial charge in [0.25, 0.3) is 0 Å². The van der Waals surface area contributed by atoms with Gasteiger partial charge in [-0.05, 0) is 58.5 Å². The summed E-state index contributed by atoms with van der Waals surface area (Å²) in [6.07, 6.45) is 0. The van der Waals surface area contributed by atoms with Crippen LogP contribution < -0.4 is 10.1 Å². The van der Waals surface area contributed by atoms with Crippen LogP contribution in [0.15, 0.2) is 72.8 Å². The summed E-state index contributed by atoms with van der Waals surface area (Å²) in [6.45, 7) is 0.556. The largest absolute Gasteiger partial charge is 0.423 e. The van der Waals surface area contributed by atoms with Gasteiger partial charge in [-0.3, -0.25) is 0 Å². The first-order valence-electron chi connectivity index (χ1n) is 8.48. The number of rotatable bonds is 6. The Kier molecular flexibility index (Phi) is 5.41. The molecule has 28 heavy (non-hydrogen) atoms.